The second-order valence-corrected chi connectivity index (χ2v) is 4.59. The highest BCUT2D eigenvalue weighted by Crippen LogP contribution is 2.34. The summed E-state index contributed by atoms with van der Waals surface area (Å²) in [6.45, 7) is 4.07. The summed E-state index contributed by atoms with van der Waals surface area (Å²) in [7, 11) is 0. The van der Waals surface area contributed by atoms with Crippen LogP contribution in [0.3, 0.4) is 0 Å². The molecule has 1 aromatic rings. The Morgan fingerprint density at radius 3 is 3.00 bits per heavy atom. The van der Waals surface area contributed by atoms with Gasteiger partial charge in [0.2, 0.25) is 5.91 Å². The number of nitrogens with one attached hydrogen (secondary N) is 1. The number of amides is 1. The standard InChI is InChI=1S/C11H17N3O/c1-8(2)5-11(15)13-9-6-12-14(7-9)10-3-4-10/h6-8,10H,3-5H2,1-2H3,(H,13,15). The summed E-state index contributed by atoms with van der Waals surface area (Å²) >= 11 is 0. The molecule has 0 aliphatic heterocycles. The highest BCUT2D eigenvalue weighted by atomic mass is 16.1. The Kier molecular flexibility index (Phi) is 2.75. The molecular formula is C11H17N3O. The Hall–Kier alpha value is -1.32. The average Bonchev–Trinajstić information content (AvgIpc) is 2.87. The normalized spacial score (nSPS) is 15.7. The highest BCUT2D eigenvalue weighted by molar-refractivity contribution is 5.90. The van der Waals surface area contributed by atoms with E-state index in [0.717, 1.165) is 5.69 Å². The minimum atomic E-state index is 0.0698. The van der Waals surface area contributed by atoms with Gasteiger partial charge in [0.05, 0.1) is 17.9 Å². The molecule has 0 radical (unpaired) electrons. The maximum absolute atomic E-state index is 11.5. The maximum atomic E-state index is 11.5. The molecule has 2 rings (SSSR count). The van der Waals surface area contributed by atoms with Gasteiger partial charge in [0, 0.05) is 12.6 Å². The van der Waals surface area contributed by atoms with E-state index >= 15 is 0 Å². The zero-order valence-corrected chi connectivity index (χ0v) is 9.23. The molecule has 4 heteroatoms. The Labute approximate surface area is 89.7 Å². The predicted octanol–water partition coefficient (Wildman–Crippen LogP) is 2.20. The molecule has 1 aliphatic rings. The van der Waals surface area contributed by atoms with Crippen molar-refractivity contribution in [1.29, 1.82) is 0 Å². The van der Waals surface area contributed by atoms with Crippen LogP contribution in [0.2, 0.25) is 0 Å². The van der Waals surface area contributed by atoms with Crippen LogP contribution in [-0.4, -0.2) is 15.7 Å². The Bertz CT molecular complexity index is 352. The van der Waals surface area contributed by atoms with Crippen molar-refractivity contribution in [1.82, 2.24) is 9.78 Å². The average molecular weight is 207 g/mol. The van der Waals surface area contributed by atoms with Crippen molar-refractivity contribution < 1.29 is 4.79 Å². The van der Waals surface area contributed by atoms with E-state index in [0.29, 0.717) is 18.4 Å². The zero-order valence-electron chi connectivity index (χ0n) is 9.23. The minimum Gasteiger partial charge on any atom is -0.323 e. The van der Waals surface area contributed by atoms with Crippen molar-refractivity contribution in [3.63, 3.8) is 0 Å². The third kappa shape index (κ3) is 2.81. The molecule has 1 aliphatic carbocycles. The van der Waals surface area contributed by atoms with Gasteiger partial charge in [0.1, 0.15) is 0 Å². The first-order valence-electron chi connectivity index (χ1n) is 5.49. The summed E-state index contributed by atoms with van der Waals surface area (Å²) in [5.74, 6) is 0.462. The number of carbonyl (C=O) groups is 1. The fourth-order valence-electron chi connectivity index (χ4n) is 1.52. The lowest BCUT2D eigenvalue weighted by molar-refractivity contribution is -0.116. The number of anilines is 1. The van der Waals surface area contributed by atoms with Crippen molar-refractivity contribution >= 4 is 11.6 Å². The second kappa shape index (κ2) is 4.04. The van der Waals surface area contributed by atoms with Gasteiger partial charge in [-0.3, -0.25) is 9.48 Å². The molecule has 1 fully saturated rings. The van der Waals surface area contributed by atoms with Crippen LogP contribution in [0.1, 0.15) is 39.2 Å². The minimum absolute atomic E-state index is 0.0698. The summed E-state index contributed by atoms with van der Waals surface area (Å²) in [5.41, 5.74) is 0.813. The van der Waals surface area contributed by atoms with Gasteiger partial charge < -0.3 is 5.32 Å². The van der Waals surface area contributed by atoms with E-state index in [2.05, 4.69) is 10.4 Å². The van der Waals surface area contributed by atoms with Gasteiger partial charge in [-0.05, 0) is 18.8 Å². The van der Waals surface area contributed by atoms with Gasteiger partial charge in [0.25, 0.3) is 0 Å². The number of hydrogen-bond donors (Lipinski definition) is 1. The molecule has 15 heavy (non-hydrogen) atoms. The van der Waals surface area contributed by atoms with E-state index in [1.165, 1.54) is 12.8 Å². The number of hydrogen-bond acceptors (Lipinski definition) is 2. The number of rotatable bonds is 4. The van der Waals surface area contributed by atoms with Crippen LogP contribution in [-0.2, 0) is 4.79 Å². The van der Waals surface area contributed by atoms with Gasteiger partial charge in [-0.1, -0.05) is 13.8 Å². The van der Waals surface area contributed by atoms with Crippen LogP contribution < -0.4 is 5.32 Å². The smallest absolute Gasteiger partial charge is 0.224 e. The Morgan fingerprint density at radius 2 is 2.40 bits per heavy atom. The fraction of sp³-hybridized carbons (Fsp3) is 0.636. The van der Waals surface area contributed by atoms with E-state index < -0.39 is 0 Å². The molecule has 0 aromatic carbocycles. The lowest BCUT2D eigenvalue weighted by atomic mass is 10.1. The first-order valence-corrected chi connectivity index (χ1v) is 5.49. The van der Waals surface area contributed by atoms with Crippen molar-refractivity contribution in [2.45, 2.75) is 39.2 Å². The summed E-state index contributed by atoms with van der Waals surface area (Å²) in [5, 5.41) is 7.07. The molecule has 1 amide bonds. The molecule has 0 spiro atoms. The number of nitrogens with zero attached hydrogens (tertiary/aromatic N) is 2. The van der Waals surface area contributed by atoms with Crippen LogP contribution >= 0.6 is 0 Å². The third-order valence-corrected chi connectivity index (χ3v) is 2.40. The van der Waals surface area contributed by atoms with Crippen LogP contribution in [0.5, 0.6) is 0 Å². The SMILES string of the molecule is CC(C)CC(=O)Nc1cnn(C2CC2)c1. The fourth-order valence-corrected chi connectivity index (χ4v) is 1.52. The molecule has 0 atom stereocenters. The second-order valence-electron chi connectivity index (χ2n) is 4.59. The summed E-state index contributed by atoms with van der Waals surface area (Å²) in [4.78, 5) is 11.5. The third-order valence-electron chi connectivity index (χ3n) is 2.40. The molecule has 0 bridgehead atoms. The van der Waals surface area contributed by atoms with Gasteiger partial charge in [-0.25, -0.2) is 0 Å². The maximum Gasteiger partial charge on any atom is 0.224 e. The first kappa shape index (κ1) is 10.2. The van der Waals surface area contributed by atoms with Crippen LogP contribution in [0.4, 0.5) is 5.69 Å². The molecule has 82 valence electrons. The highest BCUT2D eigenvalue weighted by Gasteiger charge is 2.24. The molecule has 1 aromatic heterocycles. The quantitative estimate of drug-likeness (QED) is 0.822. The number of carbonyl (C=O) groups excluding carboxylic acids is 1. The lowest BCUT2D eigenvalue weighted by Gasteiger charge is -2.04. The monoisotopic (exact) mass is 207 g/mol. The van der Waals surface area contributed by atoms with Gasteiger partial charge in [0.15, 0.2) is 0 Å². The number of aromatic nitrogens is 2. The van der Waals surface area contributed by atoms with Gasteiger partial charge in [-0.15, -0.1) is 0 Å². The molecule has 4 nitrogen and oxygen atoms in total. The van der Waals surface area contributed by atoms with Crippen molar-refractivity contribution in [3.8, 4) is 0 Å². The molecule has 0 unspecified atom stereocenters. The van der Waals surface area contributed by atoms with Gasteiger partial charge >= 0.3 is 0 Å². The van der Waals surface area contributed by atoms with Crippen molar-refractivity contribution in [3.05, 3.63) is 12.4 Å². The van der Waals surface area contributed by atoms with Gasteiger partial charge in [-0.2, -0.15) is 5.10 Å². The van der Waals surface area contributed by atoms with Crippen LogP contribution in [0.15, 0.2) is 12.4 Å². The molecule has 1 saturated carbocycles. The van der Waals surface area contributed by atoms with Crippen LogP contribution in [0.25, 0.3) is 0 Å². The van der Waals surface area contributed by atoms with E-state index in [1.807, 2.05) is 24.7 Å². The molecular weight excluding hydrogens is 190 g/mol. The van der Waals surface area contributed by atoms with E-state index in [1.54, 1.807) is 6.20 Å². The summed E-state index contributed by atoms with van der Waals surface area (Å²) in [6.07, 6.45) is 6.61. The largest absolute Gasteiger partial charge is 0.323 e. The Morgan fingerprint density at radius 1 is 1.67 bits per heavy atom. The van der Waals surface area contributed by atoms with Crippen molar-refractivity contribution in [2.24, 2.45) is 5.92 Å². The predicted molar refractivity (Wildman–Crippen MR) is 58.6 cm³/mol. The topological polar surface area (TPSA) is 46.9 Å². The van der Waals surface area contributed by atoms with E-state index in [4.69, 9.17) is 0 Å². The zero-order chi connectivity index (χ0) is 10.8. The van der Waals surface area contributed by atoms with E-state index in [9.17, 15) is 4.79 Å². The lowest BCUT2D eigenvalue weighted by Crippen LogP contribution is -2.13. The summed E-state index contributed by atoms with van der Waals surface area (Å²) in [6, 6.07) is 0.570. The van der Waals surface area contributed by atoms with E-state index in [-0.39, 0.29) is 5.91 Å². The molecule has 0 saturated heterocycles. The molecule has 1 N–H and O–H groups in total. The first-order chi connectivity index (χ1) is 7.15. The summed E-state index contributed by atoms with van der Waals surface area (Å²) < 4.78 is 1.94. The van der Waals surface area contributed by atoms with Crippen LogP contribution in [0, 0.1) is 5.92 Å². The van der Waals surface area contributed by atoms with Crippen molar-refractivity contribution in [2.75, 3.05) is 5.32 Å². The Balaban J connectivity index is 1.89. The molecule has 1 heterocycles.